The lowest BCUT2D eigenvalue weighted by Crippen LogP contribution is -2.54. The number of rotatable bonds is 4. The summed E-state index contributed by atoms with van der Waals surface area (Å²) in [6.07, 6.45) is 1.54. The van der Waals surface area contributed by atoms with E-state index in [-0.39, 0.29) is 10.7 Å². The minimum Gasteiger partial charge on any atom is -0.493 e. The molecule has 1 N–H and O–H groups in total. The number of halogens is 1. The lowest BCUT2D eigenvalue weighted by atomic mass is 10.0. The molecule has 0 radical (unpaired) electrons. The first-order valence-electron chi connectivity index (χ1n) is 8.67. The van der Waals surface area contributed by atoms with E-state index in [0.29, 0.717) is 22.7 Å². The van der Waals surface area contributed by atoms with Crippen LogP contribution in [-0.2, 0) is 9.59 Å². The van der Waals surface area contributed by atoms with Crippen LogP contribution in [0.3, 0.4) is 0 Å². The maximum atomic E-state index is 13.2. The first kappa shape index (κ1) is 21.0. The van der Waals surface area contributed by atoms with Crippen LogP contribution in [0.1, 0.15) is 16.7 Å². The number of carbonyl (C=O) groups excluding carboxylic acids is 2. The van der Waals surface area contributed by atoms with Gasteiger partial charge in [-0.1, -0.05) is 15.9 Å². The van der Waals surface area contributed by atoms with Gasteiger partial charge >= 0.3 is 0 Å². The van der Waals surface area contributed by atoms with Crippen molar-refractivity contribution in [1.82, 2.24) is 5.32 Å². The largest absolute Gasteiger partial charge is 0.493 e. The number of hydrogen-bond donors (Lipinski definition) is 1. The van der Waals surface area contributed by atoms with E-state index in [0.717, 1.165) is 15.6 Å². The Morgan fingerprint density at radius 3 is 2.31 bits per heavy atom. The Hall–Kier alpha value is -2.71. The highest BCUT2D eigenvalue weighted by molar-refractivity contribution is 9.10. The van der Waals surface area contributed by atoms with Gasteiger partial charge in [0.15, 0.2) is 16.6 Å². The fraction of sp³-hybridized carbons (Fsp3) is 0.190. The zero-order valence-electron chi connectivity index (χ0n) is 16.3. The number of hydrogen-bond acceptors (Lipinski definition) is 5. The molecule has 1 aliphatic heterocycles. The molecule has 2 aromatic carbocycles. The molecule has 0 aliphatic carbocycles. The van der Waals surface area contributed by atoms with E-state index in [1.807, 2.05) is 26.0 Å². The van der Waals surface area contributed by atoms with Gasteiger partial charge in [-0.05, 0) is 79.2 Å². The smallest absolute Gasteiger partial charge is 0.270 e. The standard InChI is InChI=1S/C21H19BrN2O4S/c1-11-8-17(27-3)18(28-4)10-13(11)9-15-19(25)23-21(29)24(20(15)26)16-6-5-14(22)7-12(16)2/h5-10H,1-4H3,(H,23,25,29)/b15-9+. The van der Waals surface area contributed by atoms with Gasteiger partial charge in [-0.2, -0.15) is 0 Å². The second-order valence-electron chi connectivity index (χ2n) is 6.45. The Labute approximate surface area is 182 Å². The highest BCUT2D eigenvalue weighted by atomic mass is 79.9. The normalized spacial score (nSPS) is 15.6. The predicted octanol–water partition coefficient (Wildman–Crippen LogP) is 3.91. The number of amides is 2. The van der Waals surface area contributed by atoms with Gasteiger partial charge in [0.2, 0.25) is 0 Å². The average molecular weight is 475 g/mol. The first-order chi connectivity index (χ1) is 13.8. The Morgan fingerprint density at radius 1 is 1.03 bits per heavy atom. The Kier molecular flexibility index (Phi) is 6.04. The molecule has 3 rings (SSSR count). The van der Waals surface area contributed by atoms with Crippen molar-refractivity contribution in [3.05, 3.63) is 57.1 Å². The van der Waals surface area contributed by atoms with Gasteiger partial charge in [-0.3, -0.25) is 19.8 Å². The van der Waals surface area contributed by atoms with Crippen molar-refractivity contribution in [3.8, 4) is 11.5 Å². The molecular formula is C21H19BrN2O4S. The van der Waals surface area contributed by atoms with E-state index in [1.54, 1.807) is 25.3 Å². The Balaban J connectivity index is 2.08. The Morgan fingerprint density at radius 2 is 1.69 bits per heavy atom. The fourth-order valence-corrected chi connectivity index (χ4v) is 3.80. The maximum Gasteiger partial charge on any atom is 0.270 e. The number of aryl methyl sites for hydroxylation is 2. The lowest BCUT2D eigenvalue weighted by molar-refractivity contribution is -0.122. The van der Waals surface area contributed by atoms with Crippen molar-refractivity contribution in [3.63, 3.8) is 0 Å². The van der Waals surface area contributed by atoms with Crippen molar-refractivity contribution in [2.45, 2.75) is 13.8 Å². The fourth-order valence-electron chi connectivity index (χ4n) is 3.05. The van der Waals surface area contributed by atoms with Crippen LogP contribution in [0.25, 0.3) is 6.08 Å². The molecule has 0 saturated carbocycles. The van der Waals surface area contributed by atoms with E-state index in [1.165, 1.54) is 18.1 Å². The van der Waals surface area contributed by atoms with Gasteiger partial charge < -0.3 is 9.47 Å². The highest BCUT2D eigenvalue weighted by Crippen LogP contribution is 2.32. The van der Waals surface area contributed by atoms with E-state index >= 15 is 0 Å². The molecule has 1 saturated heterocycles. The molecule has 2 aromatic rings. The summed E-state index contributed by atoms with van der Waals surface area (Å²) in [6.45, 7) is 3.73. The summed E-state index contributed by atoms with van der Waals surface area (Å²) in [5.74, 6) is 0.0446. The third-order valence-electron chi connectivity index (χ3n) is 4.57. The van der Waals surface area contributed by atoms with Crippen molar-refractivity contribution < 1.29 is 19.1 Å². The quantitative estimate of drug-likeness (QED) is 0.413. The number of thiocarbonyl (C=S) groups is 1. The van der Waals surface area contributed by atoms with Crippen LogP contribution in [0, 0.1) is 13.8 Å². The number of ether oxygens (including phenoxy) is 2. The third kappa shape index (κ3) is 4.04. The van der Waals surface area contributed by atoms with Crippen LogP contribution in [0.4, 0.5) is 5.69 Å². The molecule has 1 heterocycles. The van der Waals surface area contributed by atoms with Crippen molar-refractivity contribution >= 4 is 56.8 Å². The van der Waals surface area contributed by atoms with Crippen LogP contribution in [0.2, 0.25) is 0 Å². The molecule has 150 valence electrons. The molecule has 0 bridgehead atoms. The van der Waals surface area contributed by atoms with E-state index in [9.17, 15) is 9.59 Å². The SMILES string of the molecule is COc1cc(C)c(/C=C2\C(=O)NC(=S)N(c3ccc(Br)cc3C)C2=O)cc1OC. The lowest BCUT2D eigenvalue weighted by Gasteiger charge is -2.30. The zero-order valence-corrected chi connectivity index (χ0v) is 18.7. The van der Waals surface area contributed by atoms with Crippen LogP contribution in [0.5, 0.6) is 11.5 Å². The molecule has 1 aliphatic rings. The summed E-state index contributed by atoms with van der Waals surface area (Å²) in [7, 11) is 3.08. The second kappa shape index (κ2) is 8.34. The summed E-state index contributed by atoms with van der Waals surface area (Å²) in [6, 6.07) is 8.99. The molecule has 0 unspecified atom stereocenters. The zero-order chi connectivity index (χ0) is 21.3. The third-order valence-corrected chi connectivity index (χ3v) is 5.35. The van der Waals surface area contributed by atoms with E-state index < -0.39 is 11.8 Å². The molecule has 2 amide bonds. The minimum atomic E-state index is -0.541. The number of methoxy groups -OCH3 is 2. The number of benzene rings is 2. The molecule has 0 aromatic heterocycles. The molecule has 0 spiro atoms. The summed E-state index contributed by atoms with van der Waals surface area (Å²) < 4.78 is 11.5. The van der Waals surface area contributed by atoms with Crippen molar-refractivity contribution in [2.75, 3.05) is 19.1 Å². The van der Waals surface area contributed by atoms with Crippen LogP contribution >= 0.6 is 28.1 Å². The van der Waals surface area contributed by atoms with Crippen LogP contribution in [-0.4, -0.2) is 31.1 Å². The molecule has 29 heavy (non-hydrogen) atoms. The first-order valence-corrected chi connectivity index (χ1v) is 9.87. The summed E-state index contributed by atoms with van der Waals surface area (Å²) in [5, 5.41) is 2.65. The van der Waals surface area contributed by atoms with Crippen LogP contribution in [0.15, 0.2) is 40.4 Å². The van der Waals surface area contributed by atoms with E-state index in [2.05, 4.69) is 21.2 Å². The Bertz CT molecular complexity index is 1060. The molecular weight excluding hydrogens is 456 g/mol. The van der Waals surface area contributed by atoms with Gasteiger partial charge in [0, 0.05) is 4.47 Å². The molecule has 0 atom stereocenters. The van der Waals surface area contributed by atoms with Crippen LogP contribution < -0.4 is 19.7 Å². The van der Waals surface area contributed by atoms with E-state index in [4.69, 9.17) is 21.7 Å². The second-order valence-corrected chi connectivity index (χ2v) is 7.75. The van der Waals surface area contributed by atoms with Gasteiger partial charge in [0.1, 0.15) is 5.57 Å². The molecule has 1 fully saturated rings. The monoisotopic (exact) mass is 474 g/mol. The minimum absolute atomic E-state index is 0.0174. The highest BCUT2D eigenvalue weighted by Gasteiger charge is 2.35. The maximum absolute atomic E-state index is 13.2. The number of nitrogens with one attached hydrogen (secondary N) is 1. The van der Waals surface area contributed by atoms with Crippen molar-refractivity contribution in [2.24, 2.45) is 0 Å². The summed E-state index contributed by atoms with van der Waals surface area (Å²) in [4.78, 5) is 27.1. The number of carbonyl (C=O) groups is 2. The molecule has 6 nitrogen and oxygen atoms in total. The molecule has 8 heteroatoms. The average Bonchev–Trinajstić information content (AvgIpc) is 2.67. The van der Waals surface area contributed by atoms with Gasteiger partial charge in [-0.15, -0.1) is 0 Å². The van der Waals surface area contributed by atoms with Gasteiger partial charge in [-0.25, -0.2) is 0 Å². The van der Waals surface area contributed by atoms with Crippen molar-refractivity contribution in [1.29, 1.82) is 0 Å². The number of nitrogens with zero attached hydrogens (tertiary/aromatic N) is 1. The topological polar surface area (TPSA) is 67.9 Å². The number of anilines is 1. The predicted molar refractivity (Wildman–Crippen MR) is 119 cm³/mol. The summed E-state index contributed by atoms with van der Waals surface area (Å²) >= 11 is 8.68. The van der Waals surface area contributed by atoms with Gasteiger partial charge in [0.05, 0.1) is 19.9 Å². The van der Waals surface area contributed by atoms with Gasteiger partial charge in [0.25, 0.3) is 11.8 Å². The summed E-state index contributed by atoms with van der Waals surface area (Å²) in [5.41, 5.74) is 2.93.